The molecular formula is C19H25F3N4O. The van der Waals surface area contributed by atoms with Crippen LogP contribution in [0.5, 0.6) is 5.75 Å². The Balaban J connectivity index is 1.36. The van der Waals surface area contributed by atoms with Gasteiger partial charge in [-0.15, -0.1) is 13.2 Å². The molecule has 148 valence electrons. The number of imidazole rings is 1. The number of anilines is 1. The third-order valence-electron chi connectivity index (χ3n) is 4.75. The Labute approximate surface area is 156 Å². The zero-order valence-corrected chi connectivity index (χ0v) is 15.1. The number of aromatic nitrogens is 2. The van der Waals surface area contributed by atoms with Crippen LogP contribution in [0.15, 0.2) is 36.8 Å². The molecule has 0 radical (unpaired) electrons. The van der Waals surface area contributed by atoms with Crippen molar-refractivity contribution in [2.24, 2.45) is 0 Å². The average molecular weight is 382 g/mol. The first-order valence-electron chi connectivity index (χ1n) is 9.30. The molecule has 0 spiro atoms. The van der Waals surface area contributed by atoms with Crippen molar-refractivity contribution < 1.29 is 17.9 Å². The Morgan fingerprint density at radius 1 is 1.22 bits per heavy atom. The number of benzene rings is 1. The normalized spacial score (nSPS) is 16.4. The van der Waals surface area contributed by atoms with Crippen molar-refractivity contribution in [3.63, 3.8) is 0 Å². The first-order chi connectivity index (χ1) is 13.0. The topological polar surface area (TPSA) is 53.2 Å². The van der Waals surface area contributed by atoms with Crippen LogP contribution in [0.4, 0.5) is 18.9 Å². The van der Waals surface area contributed by atoms with Crippen LogP contribution in [-0.2, 0) is 6.42 Å². The monoisotopic (exact) mass is 382 g/mol. The molecule has 27 heavy (non-hydrogen) atoms. The lowest BCUT2D eigenvalue weighted by Gasteiger charge is -2.33. The van der Waals surface area contributed by atoms with Gasteiger partial charge in [0.05, 0.1) is 6.33 Å². The van der Waals surface area contributed by atoms with Gasteiger partial charge in [0.2, 0.25) is 0 Å². The van der Waals surface area contributed by atoms with Crippen molar-refractivity contribution in [1.82, 2.24) is 14.9 Å². The number of alkyl halides is 3. The molecule has 0 atom stereocenters. The van der Waals surface area contributed by atoms with Gasteiger partial charge in [0.25, 0.3) is 0 Å². The smallest absolute Gasteiger partial charge is 0.406 e. The van der Waals surface area contributed by atoms with Crippen LogP contribution in [0.3, 0.4) is 0 Å². The Kier molecular flexibility index (Phi) is 6.60. The van der Waals surface area contributed by atoms with E-state index in [9.17, 15) is 13.2 Å². The summed E-state index contributed by atoms with van der Waals surface area (Å²) in [6, 6.07) is 6.32. The van der Waals surface area contributed by atoms with Gasteiger partial charge in [0, 0.05) is 42.8 Å². The van der Waals surface area contributed by atoms with Crippen molar-refractivity contribution in [3.05, 3.63) is 42.5 Å². The molecule has 1 aliphatic heterocycles. The quantitative estimate of drug-likeness (QED) is 0.672. The summed E-state index contributed by atoms with van der Waals surface area (Å²) in [6.45, 7) is 3.08. The zero-order chi connectivity index (χ0) is 19.1. The largest absolute Gasteiger partial charge is 0.573 e. The zero-order valence-electron chi connectivity index (χ0n) is 15.1. The summed E-state index contributed by atoms with van der Waals surface area (Å²) < 4.78 is 41.0. The summed E-state index contributed by atoms with van der Waals surface area (Å²) >= 11 is 0. The summed E-state index contributed by atoms with van der Waals surface area (Å²) in [4.78, 5) is 9.59. The van der Waals surface area contributed by atoms with E-state index < -0.39 is 6.36 Å². The number of hydrogen-bond acceptors (Lipinski definition) is 4. The first kappa shape index (κ1) is 19.5. The highest BCUT2D eigenvalue weighted by molar-refractivity contribution is 5.49. The fourth-order valence-corrected chi connectivity index (χ4v) is 3.39. The number of nitrogens with zero attached hydrogens (tertiary/aromatic N) is 2. The average Bonchev–Trinajstić information content (AvgIpc) is 3.12. The molecule has 1 aromatic heterocycles. The number of likely N-dealkylation sites (tertiary alicyclic amines) is 1. The standard InChI is InChI=1S/C19H25F3N4O/c20-19(21,22)27-18-6-3-5-16(12-18)25-15-7-10-26(11-8-15)9-2-1-4-17-13-23-14-24-17/h3,5-6,12-15,25H,1-2,4,7-11H2,(H,23,24). The number of hydrogen-bond donors (Lipinski definition) is 2. The Morgan fingerprint density at radius 2 is 2.04 bits per heavy atom. The maximum absolute atomic E-state index is 12.3. The second-order valence-electron chi connectivity index (χ2n) is 6.87. The molecule has 0 saturated carbocycles. The van der Waals surface area contributed by atoms with Gasteiger partial charge >= 0.3 is 6.36 Å². The maximum Gasteiger partial charge on any atom is 0.573 e. The number of ether oxygens (including phenoxy) is 1. The number of nitrogens with one attached hydrogen (secondary N) is 2. The van der Waals surface area contributed by atoms with E-state index in [1.54, 1.807) is 18.5 Å². The molecule has 2 N–H and O–H groups in total. The third kappa shape index (κ3) is 6.78. The molecule has 1 fully saturated rings. The van der Waals surface area contributed by atoms with Crippen molar-refractivity contribution >= 4 is 5.69 Å². The van der Waals surface area contributed by atoms with Gasteiger partial charge in [-0.05, 0) is 50.8 Å². The number of unbranched alkanes of at least 4 members (excludes halogenated alkanes) is 1. The van der Waals surface area contributed by atoms with Crippen LogP contribution in [0, 0.1) is 0 Å². The molecule has 3 rings (SSSR count). The van der Waals surface area contributed by atoms with Crippen LogP contribution < -0.4 is 10.1 Å². The predicted molar refractivity (Wildman–Crippen MR) is 97.7 cm³/mol. The maximum atomic E-state index is 12.3. The van der Waals surface area contributed by atoms with E-state index >= 15 is 0 Å². The lowest BCUT2D eigenvalue weighted by atomic mass is 10.0. The molecule has 2 aromatic rings. The summed E-state index contributed by atoms with van der Waals surface area (Å²) in [5.41, 5.74) is 1.84. The minimum Gasteiger partial charge on any atom is -0.406 e. The van der Waals surface area contributed by atoms with Crippen molar-refractivity contribution in [1.29, 1.82) is 0 Å². The molecule has 1 aliphatic rings. The fraction of sp³-hybridized carbons (Fsp3) is 0.526. The number of H-pyrrole nitrogens is 1. The molecule has 0 unspecified atom stereocenters. The van der Waals surface area contributed by atoms with Gasteiger partial charge in [0.15, 0.2) is 0 Å². The number of aryl methyl sites for hydroxylation is 1. The van der Waals surface area contributed by atoms with E-state index in [-0.39, 0.29) is 11.8 Å². The van der Waals surface area contributed by atoms with Gasteiger partial charge in [-0.3, -0.25) is 0 Å². The van der Waals surface area contributed by atoms with Gasteiger partial charge in [-0.2, -0.15) is 0 Å². The molecule has 5 nitrogen and oxygen atoms in total. The highest BCUT2D eigenvalue weighted by Crippen LogP contribution is 2.26. The Morgan fingerprint density at radius 3 is 2.74 bits per heavy atom. The van der Waals surface area contributed by atoms with Crippen molar-refractivity contribution in [2.75, 3.05) is 25.0 Å². The van der Waals surface area contributed by atoms with E-state index in [2.05, 4.69) is 24.9 Å². The second kappa shape index (κ2) is 9.12. The van der Waals surface area contributed by atoms with Crippen LogP contribution in [0.1, 0.15) is 31.4 Å². The number of aromatic amines is 1. The summed E-state index contributed by atoms with van der Waals surface area (Å²) in [5, 5.41) is 3.33. The highest BCUT2D eigenvalue weighted by Gasteiger charge is 2.31. The van der Waals surface area contributed by atoms with E-state index in [1.807, 2.05) is 6.20 Å². The lowest BCUT2D eigenvalue weighted by Crippen LogP contribution is -2.39. The number of halogens is 3. The highest BCUT2D eigenvalue weighted by atomic mass is 19.4. The summed E-state index contributed by atoms with van der Waals surface area (Å²) in [6.07, 6.45) is 4.16. The minimum absolute atomic E-state index is 0.192. The third-order valence-corrected chi connectivity index (χ3v) is 4.75. The van der Waals surface area contributed by atoms with Crippen molar-refractivity contribution in [2.45, 2.75) is 44.5 Å². The SMILES string of the molecule is FC(F)(F)Oc1cccc(NC2CCN(CCCCc3cnc[nH]3)CC2)c1. The van der Waals surface area contributed by atoms with E-state index in [1.165, 1.54) is 17.8 Å². The molecule has 1 aromatic carbocycles. The molecular weight excluding hydrogens is 357 g/mol. The minimum atomic E-state index is -4.67. The van der Waals surface area contributed by atoms with Gasteiger partial charge < -0.3 is 19.9 Å². The van der Waals surface area contributed by atoms with Crippen LogP contribution in [0.25, 0.3) is 0 Å². The van der Waals surface area contributed by atoms with Gasteiger partial charge in [-0.1, -0.05) is 6.07 Å². The van der Waals surface area contributed by atoms with Gasteiger partial charge in [-0.25, -0.2) is 4.98 Å². The Bertz CT molecular complexity index is 683. The number of piperidine rings is 1. The summed E-state index contributed by atoms with van der Waals surface area (Å²) in [5.74, 6) is -0.192. The molecule has 0 aliphatic carbocycles. The van der Waals surface area contributed by atoms with Crippen LogP contribution >= 0.6 is 0 Å². The first-order valence-corrected chi connectivity index (χ1v) is 9.30. The molecule has 0 bridgehead atoms. The predicted octanol–water partition coefficient (Wildman–Crippen LogP) is 4.21. The lowest BCUT2D eigenvalue weighted by molar-refractivity contribution is -0.274. The summed E-state index contributed by atoms with van der Waals surface area (Å²) in [7, 11) is 0. The van der Waals surface area contributed by atoms with Crippen LogP contribution in [-0.4, -0.2) is 46.9 Å². The number of rotatable bonds is 8. The van der Waals surface area contributed by atoms with Crippen LogP contribution in [0.2, 0.25) is 0 Å². The molecule has 1 saturated heterocycles. The molecule has 0 amide bonds. The molecule has 8 heteroatoms. The van der Waals surface area contributed by atoms with E-state index in [0.29, 0.717) is 5.69 Å². The second-order valence-corrected chi connectivity index (χ2v) is 6.87. The van der Waals surface area contributed by atoms with Crippen molar-refractivity contribution in [3.8, 4) is 5.75 Å². The Hall–Kier alpha value is -2.22. The fourth-order valence-electron chi connectivity index (χ4n) is 3.39. The van der Waals surface area contributed by atoms with E-state index in [0.717, 1.165) is 51.7 Å². The molecule has 2 heterocycles. The van der Waals surface area contributed by atoms with E-state index in [4.69, 9.17) is 0 Å². The van der Waals surface area contributed by atoms with Gasteiger partial charge in [0.1, 0.15) is 5.75 Å².